The number of nitrogens with zero attached hydrogens (tertiary/aromatic N) is 2. The van der Waals surface area contributed by atoms with Crippen LogP contribution in [-0.2, 0) is 5.41 Å². The summed E-state index contributed by atoms with van der Waals surface area (Å²) >= 11 is 0. The molecule has 68 heavy (non-hydrogen) atoms. The summed E-state index contributed by atoms with van der Waals surface area (Å²) in [7, 11) is 0. The van der Waals surface area contributed by atoms with E-state index in [2.05, 4.69) is 237 Å². The Labute approximate surface area is 395 Å². The molecule has 3 nitrogen and oxygen atoms in total. The lowest BCUT2D eigenvalue weighted by atomic mass is 9.67. The maximum Gasteiger partial charge on any atom is 0.160 e. The zero-order valence-corrected chi connectivity index (χ0v) is 37.1. The molecule has 10 aromatic carbocycles. The Hall–Kier alpha value is -8.92. The van der Waals surface area contributed by atoms with Crippen molar-refractivity contribution in [3.8, 4) is 78.4 Å². The zero-order chi connectivity index (χ0) is 45.0. The fourth-order valence-electron chi connectivity index (χ4n) is 10.6. The molecule has 3 heteroatoms. The molecule has 0 amide bonds. The topological polar surface area (TPSA) is 38.9 Å². The van der Waals surface area contributed by atoms with E-state index in [0.717, 1.165) is 77.8 Å². The van der Waals surface area contributed by atoms with E-state index >= 15 is 0 Å². The third-order valence-corrected chi connectivity index (χ3v) is 13.8. The van der Waals surface area contributed by atoms with Crippen LogP contribution in [0.5, 0.6) is 0 Å². The predicted molar refractivity (Wildman–Crippen MR) is 279 cm³/mol. The Morgan fingerprint density at radius 3 is 1.56 bits per heavy atom. The highest BCUT2D eigenvalue weighted by atomic mass is 16.3. The lowest BCUT2D eigenvalue weighted by molar-refractivity contribution is 0.670. The molecule has 0 spiro atoms. The molecule has 0 saturated heterocycles. The molecule has 0 aliphatic heterocycles. The first kappa shape index (κ1) is 39.4. The van der Waals surface area contributed by atoms with Crippen LogP contribution in [0.1, 0.15) is 22.3 Å². The van der Waals surface area contributed by atoms with Crippen molar-refractivity contribution in [2.45, 2.75) is 5.41 Å². The van der Waals surface area contributed by atoms with Crippen LogP contribution in [0.4, 0.5) is 0 Å². The number of fused-ring (bicyclic) bond motifs is 6. The van der Waals surface area contributed by atoms with Gasteiger partial charge >= 0.3 is 0 Å². The van der Waals surface area contributed by atoms with Crippen molar-refractivity contribution in [3.63, 3.8) is 0 Å². The summed E-state index contributed by atoms with van der Waals surface area (Å²) in [6.45, 7) is 0. The summed E-state index contributed by atoms with van der Waals surface area (Å²) in [4.78, 5) is 10.8. The summed E-state index contributed by atoms with van der Waals surface area (Å²) in [6, 6.07) is 91.2. The molecule has 0 bridgehead atoms. The van der Waals surface area contributed by atoms with Crippen LogP contribution < -0.4 is 0 Å². The first-order chi connectivity index (χ1) is 33.7. The van der Waals surface area contributed by atoms with Crippen molar-refractivity contribution in [2.24, 2.45) is 0 Å². The van der Waals surface area contributed by atoms with Crippen LogP contribution >= 0.6 is 0 Å². The zero-order valence-electron chi connectivity index (χ0n) is 37.1. The van der Waals surface area contributed by atoms with Gasteiger partial charge < -0.3 is 4.42 Å². The van der Waals surface area contributed by atoms with Crippen molar-refractivity contribution in [3.05, 3.63) is 277 Å². The molecule has 12 aromatic rings. The van der Waals surface area contributed by atoms with Gasteiger partial charge in [-0.15, -0.1) is 0 Å². The Kier molecular flexibility index (Phi) is 9.40. The average molecular weight is 867 g/mol. The van der Waals surface area contributed by atoms with E-state index in [4.69, 9.17) is 14.4 Å². The lowest BCUT2D eigenvalue weighted by Crippen LogP contribution is -2.28. The summed E-state index contributed by atoms with van der Waals surface area (Å²) in [5.41, 5.74) is 19.8. The Bertz CT molecular complexity index is 3800. The smallest absolute Gasteiger partial charge is 0.160 e. The fraction of sp³-hybridized carbons (Fsp3) is 0.0154. The minimum absolute atomic E-state index is 0.544. The maximum absolute atomic E-state index is 6.67. The minimum atomic E-state index is -0.544. The number of aromatic nitrogens is 2. The molecule has 0 fully saturated rings. The van der Waals surface area contributed by atoms with E-state index in [1.165, 1.54) is 38.9 Å². The van der Waals surface area contributed by atoms with Gasteiger partial charge in [-0.25, -0.2) is 9.97 Å². The van der Waals surface area contributed by atoms with Crippen LogP contribution in [-0.4, -0.2) is 9.97 Å². The number of hydrogen-bond donors (Lipinski definition) is 0. The lowest BCUT2D eigenvalue weighted by Gasteiger charge is -2.34. The Morgan fingerprint density at radius 2 is 0.809 bits per heavy atom. The van der Waals surface area contributed by atoms with Crippen molar-refractivity contribution >= 4 is 21.9 Å². The van der Waals surface area contributed by atoms with Crippen LogP contribution in [0.2, 0.25) is 0 Å². The standard InChI is InChI=1S/C65H42N2O/c1-5-19-43(20-6-1)45-23-17-24-46(37-45)48-38-49(53-31-18-32-57-56-30-14-16-34-62(56)68-63(53)57)40-50(39-48)61-42-60(66-64(67-61)44-21-7-2-8-22-44)47-35-36-55-54-29-13-15-33-58(54)65(59(55)41-47,51-25-9-3-10-26-51)52-27-11-4-12-28-52/h1-42H. The van der Waals surface area contributed by atoms with Gasteiger partial charge in [0.25, 0.3) is 0 Å². The van der Waals surface area contributed by atoms with Crippen LogP contribution in [0.15, 0.2) is 259 Å². The second-order valence-electron chi connectivity index (χ2n) is 17.6. The van der Waals surface area contributed by atoms with Crippen molar-refractivity contribution in [1.82, 2.24) is 9.97 Å². The largest absolute Gasteiger partial charge is 0.455 e. The molecular weight excluding hydrogens is 825 g/mol. The molecule has 318 valence electrons. The molecule has 0 radical (unpaired) electrons. The highest BCUT2D eigenvalue weighted by Gasteiger charge is 2.46. The maximum atomic E-state index is 6.67. The molecule has 1 aliphatic carbocycles. The van der Waals surface area contributed by atoms with E-state index < -0.39 is 5.41 Å². The average Bonchev–Trinajstić information content (AvgIpc) is 3.95. The second-order valence-corrected chi connectivity index (χ2v) is 17.6. The number of furan rings is 1. The normalized spacial score (nSPS) is 12.5. The number of benzene rings is 10. The first-order valence-electron chi connectivity index (χ1n) is 23.2. The Balaban J connectivity index is 1.05. The summed E-state index contributed by atoms with van der Waals surface area (Å²) < 4.78 is 6.67. The van der Waals surface area contributed by atoms with Gasteiger partial charge in [-0.2, -0.15) is 0 Å². The fourth-order valence-corrected chi connectivity index (χ4v) is 10.6. The van der Waals surface area contributed by atoms with Gasteiger partial charge in [-0.05, 0) is 104 Å². The van der Waals surface area contributed by atoms with Crippen molar-refractivity contribution < 1.29 is 4.42 Å². The van der Waals surface area contributed by atoms with Crippen LogP contribution in [0.3, 0.4) is 0 Å². The third kappa shape index (κ3) is 6.51. The molecule has 2 heterocycles. The highest BCUT2D eigenvalue weighted by molar-refractivity contribution is 6.10. The number of hydrogen-bond acceptors (Lipinski definition) is 3. The van der Waals surface area contributed by atoms with Gasteiger partial charge in [0.2, 0.25) is 0 Å². The van der Waals surface area contributed by atoms with Gasteiger partial charge in [0, 0.05) is 33.0 Å². The molecule has 1 aliphatic rings. The van der Waals surface area contributed by atoms with Gasteiger partial charge in [0.05, 0.1) is 16.8 Å². The molecule has 0 atom stereocenters. The minimum Gasteiger partial charge on any atom is -0.455 e. The molecule has 0 unspecified atom stereocenters. The van der Waals surface area contributed by atoms with E-state index in [-0.39, 0.29) is 0 Å². The highest BCUT2D eigenvalue weighted by Crippen LogP contribution is 2.56. The summed E-state index contributed by atoms with van der Waals surface area (Å²) in [5, 5.41) is 2.19. The number of rotatable bonds is 8. The van der Waals surface area contributed by atoms with Crippen molar-refractivity contribution in [1.29, 1.82) is 0 Å². The summed E-state index contributed by atoms with van der Waals surface area (Å²) in [5.74, 6) is 0.664. The molecular formula is C65H42N2O. The van der Waals surface area contributed by atoms with E-state index in [9.17, 15) is 0 Å². The molecule has 0 saturated carbocycles. The second kappa shape index (κ2) is 16.2. The van der Waals surface area contributed by atoms with Gasteiger partial charge in [0.1, 0.15) is 11.2 Å². The Morgan fingerprint density at radius 1 is 0.294 bits per heavy atom. The third-order valence-electron chi connectivity index (χ3n) is 13.8. The predicted octanol–water partition coefficient (Wildman–Crippen LogP) is 16.7. The number of para-hydroxylation sites is 2. The van der Waals surface area contributed by atoms with Crippen molar-refractivity contribution in [2.75, 3.05) is 0 Å². The van der Waals surface area contributed by atoms with Gasteiger partial charge in [-0.3, -0.25) is 0 Å². The SMILES string of the molecule is c1ccc(-c2cccc(-c3cc(-c4cc(-c5ccc6c(c5)C(c5ccccc5)(c5ccccc5)c5ccccc5-6)nc(-c5ccccc5)n4)cc(-c4cccc5c4oc4ccccc45)c3)c2)cc1. The van der Waals surface area contributed by atoms with Crippen LogP contribution in [0, 0.1) is 0 Å². The quantitative estimate of drug-likeness (QED) is 0.153. The summed E-state index contributed by atoms with van der Waals surface area (Å²) in [6.07, 6.45) is 0. The first-order valence-corrected chi connectivity index (χ1v) is 23.2. The van der Waals surface area contributed by atoms with Gasteiger partial charge in [0.15, 0.2) is 5.82 Å². The van der Waals surface area contributed by atoms with E-state index in [1.54, 1.807) is 0 Å². The monoisotopic (exact) mass is 866 g/mol. The van der Waals surface area contributed by atoms with E-state index in [0.29, 0.717) is 5.82 Å². The molecule has 2 aromatic heterocycles. The van der Waals surface area contributed by atoms with E-state index in [1.807, 2.05) is 18.2 Å². The van der Waals surface area contributed by atoms with Gasteiger partial charge in [-0.1, -0.05) is 212 Å². The molecule has 13 rings (SSSR count). The van der Waals surface area contributed by atoms with Crippen LogP contribution in [0.25, 0.3) is 100 Å². The molecule has 0 N–H and O–H groups in total.